The predicted molar refractivity (Wildman–Crippen MR) is 189 cm³/mol. The summed E-state index contributed by atoms with van der Waals surface area (Å²) in [4.78, 5) is 8.20. The lowest BCUT2D eigenvalue weighted by molar-refractivity contribution is 0.356. The van der Waals surface area contributed by atoms with Crippen LogP contribution < -0.4 is 9.47 Å². The number of hydrogen-bond donors (Lipinski definition) is 1. The van der Waals surface area contributed by atoms with Gasteiger partial charge in [0.05, 0.1) is 37.1 Å². The summed E-state index contributed by atoms with van der Waals surface area (Å²) in [5.41, 5.74) is 3.75. The van der Waals surface area contributed by atoms with Crippen molar-refractivity contribution >= 4 is 27.2 Å². The van der Waals surface area contributed by atoms with Crippen molar-refractivity contribution in [3.63, 3.8) is 0 Å². The summed E-state index contributed by atoms with van der Waals surface area (Å²) < 4.78 is 10.9. The highest BCUT2D eigenvalue weighted by Gasteiger charge is 2.16. The van der Waals surface area contributed by atoms with Crippen LogP contribution in [0.4, 0.5) is 0 Å². The number of benzene rings is 2. The Hall–Kier alpha value is -4.04. The molecule has 5 nitrogen and oxygen atoms in total. The summed E-state index contributed by atoms with van der Waals surface area (Å²) in [6.45, 7) is 2.27. The van der Waals surface area contributed by atoms with Crippen LogP contribution in [-0.4, -0.2) is 24.2 Å². The van der Waals surface area contributed by atoms with Crippen LogP contribution in [0.5, 0.6) is 11.5 Å². The van der Waals surface area contributed by atoms with Gasteiger partial charge in [0, 0.05) is 40.7 Å². The number of H-pyrrole nitrogens is 1. The second-order valence-corrected chi connectivity index (χ2v) is 12.0. The molecule has 1 unspecified atom stereocenters. The Morgan fingerprint density at radius 1 is 0.844 bits per heavy atom. The number of ether oxygens (including phenoxy) is 2. The average molecular weight is 606 g/mol. The SMILES string of the molecule is CCCCCCCC/C=C\CCCC(CCCC/C=C(\C#N)c1c[nH]c2cc(OC)c(OC)cc12)c1nccc2ccccc12. The molecule has 0 radical (unpaired) electrons. The maximum Gasteiger partial charge on any atom is 0.162 e. The minimum absolute atomic E-state index is 0.429. The van der Waals surface area contributed by atoms with E-state index in [2.05, 4.69) is 66.5 Å². The first-order chi connectivity index (χ1) is 22.2. The molecule has 4 rings (SSSR count). The van der Waals surface area contributed by atoms with Crippen LogP contribution in [0, 0.1) is 11.3 Å². The minimum Gasteiger partial charge on any atom is -0.493 e. The first kappa shape index (κ1) is 33.8. The van der Waals surface area contributed by atoms with Gasteiger partial charge in [-0.3, -0.25) is 4.98 Å². The minimum atomic E-state index is 0.429. The Balaban J connectivity index is 1.34. The molecule has 0 bridgehead atoms. The van der Waals surface area contributed by atoms with E-state index >= 15 is 0 Å². The molecule has 0 amide bonds. The van der Waals surface area contributed by atoms with Crippen LogP contribution in [0.25, 0.3) is 27.2 Å². The van der Waals surface area contributed by atoms with Gasteiger partial charge in [-0.2, -0.15) is 5.26 Å². The van der Waals surface area contributed by atoms with E-state index in [9.17, 15) is 5.26 Å². The number of allylic oxidation sites excluding steroid dienone is 4. The average Bonchev–Trinajstić information content (AvgIpc) is 3.49. The number of pyridine rings is 1. The number of rotatable bonds is 20. The molecular weight excluding hydrogens is 554 g/mol. The van der Waals surface area contributed by atoms with Gasteiger partial charge in [-0.1, -0.05) is 87.9 Å². The molecule has 0 aliphatic carbocycles. The van der Waals surface area contributed by atoms with Crippen molar-refractivity contribution in [2.45, 2.75) is 103 Å². The number of hydrogen-bond acceptors (Lipinski definition) is 4. The van der Waals surface area contributed by atoms with Gasteiger partial charge in [-0.05, 0) is 68.9 Å². The van der Waals surface area contributed by atoms with Crippen molar-refractivity contribution in [2.24, 2.45) is 0 Å². The number of nitriles is 1. The fourth-order valence-electron chi connectivity index (χ4n) is 6.32. The van der Waals surface area contributed by atoms with Crippen molar-refractivity contribution in [3.05, 3.63) is 84.3 Å². The van der Waals surface area contributed by atoms with E-state index in [1.807, 2.05) is 24.5 Å². The molecule has 4 aromatic rings. The molecule has 2 aromatic heterocycles. The Morgan fingerprint density at radius 3 is 2.36 bits per heavy atom. The van der Waals surface area contributed by atoms with Gasteiger partial charge in [0.1, 0.15) is 0 Å². The molecule has 0 saturated heterocycles. The Bertz CT molecular complexity index is 1570. The number of methoxy groups -OCH3 is 2. The summed E-state index contributed by atoms with van der Waals surface area (Å²) in [7, 11) is 3.26. The Labute approximate surface area is 270 Å². The van der Waals surface area contributed by atoms with E-state index in [4.69, 9.17) is 14.5 Å². The smallest absolute Gasteiger partial charge is 0.162 e. The Kier molecular flexibility index (Phi) is 14.1. The van der Waals surface area contributed by atoms with Crippen LogP contribution in [0.3, 0.4) is 0 Å². The highest BCUT2D eigenvalue weighted by molar-refractivity contribution is 5.97. The number of aromatic nitrogens is 2. The van der Waals surface area contributed by atoms with Gasteiger partial charge >= 0.3 is 0 Å². The Morgan fingerprint density at radius 2 is 1.56 bits per heavy atom. The van der Waals surface area contributed by atoms with Crippen molar-refractivity contribution < 1.29 is 9.47 Å². The van der Waals surface area contributed by atoms with E-state index in [1.165, 1.54) is 67.8 Å². The highest BCUT2D eigenvalue weighted by Crippen LogP contribution is 2.36. The van der Waals surface area contributed by atoms with Gasteiger partial charge in [0.2, 0.25) is 0 Å². The fourth-order valence-corrected chi connectivity index (χ4v) is 6.32. The lowest BCUT2D eigenvalue weighted by atomic mass is 9.89. The number of nitrogens with zero attached hydrogens (tertiary/aromatic N) is 2. The number of unbranched alkanes of at least 4 members (excludes halogenated alkanes) is 9. The van der Waals surface area contributed by atoms with Crippen molar-refractivity contribution in [3.8, 4) is 17.6 Å². The van der Waals surface area contributed by atoms with Crippen molar-refractivity contribution in [2.75, 3.05) is 14.2 Å². The zero-order valence-electron chi connectivity index (χ0n) is 27.6. The van der Waals surface area contributed by atoms with E-state index in [0.717, 1.165) is 55.0 Å². The van der Waals surface area contributed by atoms with Crippen molar-refractivity contribution in [1.82, 2.24) is 9.97 Å². The quantitative estimate of drug-likeness (QED) is 0.0618. The summed E-state index contributed by atoms with van der Waals surface area (Å²) >= 11 is 0. The van der Waals surface area contributed by atoms with E-state index in [0.29, 0.717) is 23.0 Å². The van der Waals surface area contributed by atoms with E-state index in [-0.39, 0.29) is 0 Å². The summed E-state index contributed by atoms with van der Waals surface area (Å²) in [6.07, 6.45) is 27.6. The first-order valence-corrected chi connectivity index (χ1v) is 17.0. The third-order valence-electron chi connectivity index (χ3n) is 8.86. The molecule has 5 heteroatoms. The normalized spacial score (nSPS) is 12.6. The maximum atomic E-state index is 10.0. The summed E-state index contributed by atoms with van der Waals surface area (Å²) in [5.74, 6) is 1.75. The molecule has 2 aromatic carbocycles. The molecule has 238 valence electrons. The van der Waals surface area contributed by atoms with E-state index < -0.39 is 0 Å². The predicted octanol–water partition coefficient (Wildman–Crippen LogP) is 11.5. The fraction of sp³-hybridized carbons (Fsp3) is 0.450. The van der Waals surface area contributed by atoms with Crippen LogP contribution in [0.2, 0.25) is 0 Å². The molecule has 1 atom stereocenters. The van der Waals surface area contributed by atoms with Crippen LogP contribution >= 0.6 is 0 Å². The first-order valence-electron chi connectivity index (χ1n) is 17.0. The van der Waals surface area contributed by atoms with Gasteiger partial charge in [-0.25, -0.2) is 0 Å². The maximum absolute atomic E-state index is 10.0. The lowest BCUT2D eigenvalue weighted by Gasteiger charge is -2.18. The molecule has 45 heavy (non-hydrogen) atoms. The summed E-state index contributed by atoms with van der Waals surface area (Å²) in [5, 5.41) is 13.5. The van der Waals surface area contributed by atoms with Gasteiger partial charge < -0.3 is 14.5 Å². The monoisotopic (exact) mass is 605 g/mol. The highest BCUT2D eigenvalue weighted by atomic mass is 16.5. The molecule has 0 aliphatic heterocycles. The molecule has 0 aliphatic rings. The third kappa shape index (κ3) is 9.72. The number of aromatic amines is 1. The summed E-state index contributed by atoms with van der Waals surface area (Å²) in [6, 6.07) is 17.0. The number of nitrogens with one attached hydrogen (secondary N) is 1. The molecule has 0 saturated carbocycles. The van der Waals surface area contributed by atoms with Gasteiger partial charge in [0.15, 0.2) is 11.5 Å². The van der Waals surface area contributed by atoms with Crippen LogP contribution in [0.15, 0.2) is 73.1 Å². The molecule has 0 fully saturated rings. The zero-order chi connectivity index (χ0) is 31.7. The lowest BCUT2D eigenvalue weighted by Crippen LogP contribution is -2.03. The second-order valence-electron chi connectivity index (χ2n) is 12.0. The third-order valence-corrected chi connectivity index (χ3v) is 8.86. The standard InChI is InChI=1S/C40H51N3O2/c1-4-5-6-7-8-9-10-11-12-13-15-21-32(40-34-24-19-18-20-31(34)25-26-42-40)22-16-14-17-23-33(29-41)36-30-43-37-28-39(45-3)38(44-2)27-35(36)37/h11-12,18-20,23-28,30,32,43H,4-10,13-17,21-22H2,1-3H3/b12-11-,33-23+. The van der Waals surface area contributed by atoms with E-state index in [1.54, 1.807) is 14.2 Å². The molecule has 0 spiro atoms. The largest absolute Gasteiger partial charge is 0.493 e. The molecule has 2 heterocycles. The molecular formula is C40H51N3O2. The van der Waals surface area contributed by atoms with Gasteiger partial charge in [-0.15, -0.1) is 0 Å². The molecule has 1 N–H and O–H groups in total. The van der Waals surface area contributed by atoms with Crippen LogP contribution in [-0.2, 0) is 0 Å². The van der Waals surface area contributed by atoms with Crippen LogP contribution in [0.1, 0.15) is 114 Å². The van der Waals surface area contributed by atoms with Gasteiger partial charge in [0.25, 0.3) is 0 Å². The zero-order valence-corrected chi connectivity index (χ0v) is 27.6. The number of fused-ring (bicyclic) bond motifs is 2. The van der Waals surface area contributed by atoms with Crippen molar-refractivity contribution in [1.29, 1.82) is 5.26 Å². The second kappa shape index (κ2) is 18.7. The topological polar surface area (TPSA) is 70.9 Å².